The average molecular weight is 283 g/mol. The van der Waals surface area contributed by atoms with Crippen molar-refractivity contribution in [2.75, 3.05) is 13.1 Å². The minimum absolute atomic E-state index is 0.0322. The third-order valence-corrected chi connectivity index (χ3v) is 4.73. The predicted octanol–water partition coefficient (Wildman–Crippen LogP) is 4.66. The quantitative estimate of drug-likeness (QED) is 0.482. The zero-order valence-electron chi connectivity index (χ0n) is 13.7. The summed E-state index contributed by atoms with van der Waals surface area (Å²) in [6, 6.07) is 0. The van der Waals surface area contributed by atoms with Crippen molar-refractivity contribution in [3.8, 4) is 0 Å². The van der Waals surface area contributed by atoms with E-state index in [-0.39, 0.29) is 6.10 Å². The maximum atomic E-state index is 9.73. The topological polar surface area (TPSA) is 32.3 Å². The van der Waals surface area contributed by atoms with Gasteiger partial charge in [-0.25, -0.2) is 0 Å². The Balaban J connectivity index is 1.72. The summed E-state index contributed by atoms with van der Waals surface area (Å²) < 4.78 is 0. The van der Waals surface area contributed by atoms with Gasteiger partial charge in [-0.05, 0) is 31.7 Å². The van der Waals surface area contributed by atoms with Crippen molar-refractivity contribution < 1.29 is 5.11 Å². The van der Waals surface area contributed by atoms with Crippen LogP contribution in [-0.4, -0.2) is 24.3 Å². The first-order valence-corrected chi connectivity index (χ1v) is 9.23. The molecule has 0 aromatic rings. The van der Waals surface area contributed by atoms with Gasteiger partial charge in [0, 0.05) is 6.54 Å². The molecule has 2 unspecified atom stereocenters. The van der Waals surface area contributed by atoms with Crippen LogP contribution in [0.25, 0.3) is 0 Å². The van der Waals surface area contributed by atoms with Crippen LogP contribution in [0, 0.1) is 5.92 Å². The lowest BCUT2D eigenvalue weighted by molar-refractivity contribution is 0.131. The number of nitrogens with one attached hydrogen (secondary N) is 1. The zero-order valence-corrected chi connectivity index (χ0v) is 13.7. The summed E-state index contributed by atoms with van der Waals surface area (Å²) in [6.45, 7) is 4.44. The lowest BCUT2D eigenvalue weighted by Gasteiger charge is -2.14. The van der Waals surface area contributed by atoms with E-state index in [4.69, 9.17) is 0 Å². The van der Waals surface area contributed by atoms with E-state index >= 15 is 0 Å². The molecule has 0 saturated heterocycles. The molecule has 0 aromatic carbocycles. The van der Waals surface area contributed by atoms with E-state index in [9.17, 15) is 5.11 Å². The molecule has 0 amide bonds. The number of aliphatic hydroxyl groups excluding tert-OH is 1. The number of rotatable bonds is 13. The Hall–Kier alpha value is -0.0800. The van der Waals surface area contributed by atoms with Gasteiger partial charge < -0.3 is 10.4 Å². The monoisotopic (exact) mass is 283 g/mol. The first-order valence-electron chi connectivity index (χ1n) is 9.23. The Labute approximate surface area is 126 Å². The summed E-state index contributed by atoms with van der Waals surface area (Å²) in [7, 11) is 0. The van der Waals surface area contributed by atoms with E-state index in [1.807, 2.05) is 0 Å². The molecule has 1 fully saturated rings. The summed E-state index contributed by atoms with van der Waals surface area (Å²) >= 11 is 0. The van der Waals surface area contributed by atoms with Crippen molar-refractivity contribution in [3.63, 3.8) is 0 Å². The number of hydrogen-bond donors (Lipinski definition) is 2. The van der Waals surface area contributed by atoms with Crippen LogP contribution >= 0.6 is 0 Å². The molecule has 1 rings (SSSR count). The molecule has 120 valence electrons. The molecule has 2 atom stereocenters. The predicted molar refractivity (Wildman–Crippen MR) is 88.1 cm³/mol. The molecule has 0 spiro atoms. The zero-order chi connectivity index (χ0) is 14.5. The van der Waals surface area contributed by atoms with Gasteiger partial charge in [0.2, 0.25) is 0 Å². The van der Waals surface area contributed by atoms with E-state index in [0.717, 1.165) is 19.5 Å². The van der Waals surface area contributed by atoms with Gasteiger partial charge in [-0.3, -0.25) is 0 Å². The lowest BCUT2D eigenvalue weighted by Crippen LogP contribution is -2.28. The second-order valence-corrected chi connectivity index (χ2v) is 6.64. The van der Waals surface area contributed by atoms with Gasteiger partial charge in [0.25, 0.3) is 0 Å². The molecule has 0 radical (unpaired) electrons. The first-order chi connectivity index (χ1) is 9.84. The largest absolute Gasteiger partial charge is 0.393 e. The van der Waals surface area contributed by atoms with E-state index in [2.05, 4.69) is 12.2 Å². The van der Waals surface area contributed by atoms with E-state index in [1.54, 1.807) is 0 Å². The molecule has 20 heavy (non-hydrogen) atoms. The molecule has 1 saturated carbocycles. The molecule has 0 heterocycles. The van der Waals surface area contributed by atoms with Crippen molar-refractivity contribution in [2.24, 2.45) is 5.92 Å². The maximum Gasteiger partial charge on any atom is 0.0580 e. The van der Waals surface area contributed by atoms with Gasteiger partial charge in [-0.15, -0.1) is 0 Å². The molecular weight excluding hydrogens is 246 g/mol. The fourth-order valence-corrected chi connectivity index (χ4v) is 3.28. The van der Waals surface area contributed by atoms with E-state index in [1.165, 1.54) is 77.0 Å². The summed E-state index contributed by atoms with van der Waals surface area (Å²) in [5, 5.41) is 13.2. The average Bonchev–Trinajstić information content (AvgIpc) is 2.85. The van der Waals surface area contributed by atoms with E-state index < -0.39 is 0 Å². The summed E-state index contributed by atoms with van der Waals surface area (Å²) in [4.78, 5) is 0. The van der Waals surface area contributed by atoms with Crippen molar-refractivity contribution in [1.29, 1.82) is 0 Å². The highest BCUT2D eigenvalue weighted by molar-refractivity contribution is 4.77. The van der Waals surface area contributed by atoms with Crippen molar-refractivity contribution in [1.82, 2.24) is 5.32 Å². The molecule has 0 aliphatic heterocycles. The molecule has 2 N–H and O–H groups in total. The Kier molecular flexibility index (Phi) is 11.4. The minimum Gasteiger partial charge on any atom is -0.393 e. The number of hydrogen-bond acceptors (Lipinski definition) is 2. The van der Waals surface area contributed by atoms with Crippen LogP contribution in [0.2, 0.25) is 0 Å². The van der Waals surface area contributed by atoms with Crippen molar-refractivity contribution in [2.45, 2.75) is 96.5 Å². The van der Waals surface area contributed by atoms with Gasteiger partial charge in [-0.1, -0.05) is 71.1 Å². The van der Waals surface area contributed by atoms with Gasteiger partial charge in [0.15, 0.2) is 0 Å². The summed E-state index contributed by atoms with van der Waals surface area (Å²) in [6.07, 6.45) is 17.4. The normalized spacial score (nSPS) is 22.5. The SMILES string of the molecule is CCCCCCCCCCCCNCC1CCCC1O. The Morgan fingerprint density at radius 1 is 0.850 bits per heavy atom. The number of aliphatic hydroxyl groups is 1. The van der Waals surface area contributed by atoms with E-state index in [0.29, 0.717) is 5.92 Å². The fraction of sp³-hybridized carbons (Fsp3) is 1.00. The first kappa shape index (κ1) is 18.0. The fourth-order valence-electron chi connectivity index (χ4n) is 3.28. The van der Waals surface area contributed by atoms with Gasteiger partial charge in [0.1, 0.15) is 0 Å². The highest BCUT2D eigenvalue weighted by atomic mass is 16.3. The van der Waals surface area contributed by atoms with Gasteiger partial charge in [0.05, 0.1) is 6.10 Å². The minimum atomic E-state index is -0.0322. The van der Waals surface area contributed by atoms with Crippen LogP contribution in [0.1, 0.15) is 90.4 Å². The molecule has 1 aliphatic rings. The second kappa shape index (κ2) is 12.6. The van der Waals surface area contributed by atoms with Crippen LogP contribution in [0.5, 0.6) is 0 Å². The highest BCUT2D eigenvalue weighted by Crippen LogP contribution is 2.24. The smallest absolute Gasteiger partial charge is 0.0580 e. The highest BCUT2D eigenvalue weighted by Gasteiger charge is 2.24. The number of unbranched alkanes of at least 4 members (excludes halogenated alkanes) is 9. The Morgan fingerprint density at radius 2 is 1.45 bits per heavy atom. The van der Waals surface area contributed by atoms with Crippen molar-refractivity contribution >= 4 is 0 Å². The summed E-state index contributed by atoms with van der Waals surface area (Å²) in [5.41, 5.74) is 0. The Bertz CT molecular complexity index is 208. The van der Waals surface area contributed by atoms with Gasteiger partial charge >= 0.3 is 0 Å². The third kappa shape index (κ3) is 8.97. The molecular formula is C18H37NO. The van der Waals surface area contributed by atoms with Crippen LogP contribution in [-0.2, 0) is 0 Å². The van der Waals surface area contributed by atoms with Crippen LogP contribution in [0.3, 0.4) is 0 Å². The van der Waals surface area contributed by atoms with Crippen LogP contribution in [0.4, 0.5) is 0 Å². The molecule has 2 heteroatoms. The van der Waals surface area contributed by atoms with Crippen molar-refractivity contribution in [3.05, 3.63) is 0 Å². The molecule has 0 bridgehead atoms. The Morgan fingerprint density at radius 3 is 2.00 bits per heavy atom. The maximum absolute atomic E-state index is 9.73. The van der Waals surface area contributed by atoms with Crippen LogP contribution < -0.4 is 5.32 Å². The molecule has 1 aliphatic carbocycles. The lowest BCUT2D eigenvalue weighted by atomic mass is 10.1. The summed E-state index contributed by atoms with van der Waals surface area (Å²) in [5.74, 6) is 0.526. The van der Waals surface area contributed by atoms with Gasteiger partial charge in [-0.2, -0.15) is 0 Å². The second-order valence-electron chi connectivity index (χ2n) is 6.64. The van der Waals surface area contributed by atoms with Crippen LogP contribution in [0.15, 0.2) is 0 Å². The molecule has 0 aromatic heterocycles. The third-order valence-electron chi connectivity index (χ3n) is 4.73. The molecule has 2 nitrogen and oxygen atoms in total. The standard InChI is InChI=1S/C18H37NO/c1-2-3-4-5-6-7-8-9-10-11-15-19-16-17-13-12-14-18(17)20/h17-20H,2-16H2,1H3.